The highest BCUT2D eigenvalue weighted by molar-refractivity contribution is 6.77. The smallest absolute Gasteiger partial charge is 0.127 e. The number of hydrogen-bond acceptors (Lipinski definition) is 2. The molecule has 1 atom stereocenters. The Kier molecular flexibility index (Phi) is 3.44. The van der Waals surface area contributed by atoms with Crippen LogP contribution in [0.4, 0.5) is 0 Å². The third kappa shape index (κ3) is 2.38. The minimum atomic E-state index is -1.25. The number of nitrogens with zero attached hydrogens (tertiary/aromatic N) is 1. The van der Waals surface area contributed by atoms with Crippen LogP contribution in [-0.2, 0) is 0 Å². The summed E-state index contributed by atoms with van der Waals surface area (Å²) in [4.78, 5) is 0. The van der Waals surface area contributed by atoms with Crippen LogP contribution < -0.4 is 5.32 Å². The fourth-order valence-corrected chi connectivity index (χ4v) is 4.26. The lowest BCUT2D eigenvalue weighted by atomic mass is 10.2. The standard InChI is InChI=1S/C11H26N2Si/c1-10-9-13(8-7-12-10)14(5,6)11(2,3)4/h10,12H,7-9H2,1-6H3. The van der Waals surface area contributed by atoms with Gasteiger partial charge in [0.05, 0.1) is 0 Å². The highest BCUT2D eigenvalue weighted by Crippen LogP contribution is 2.38. The summed E-state index contributed by atoms with van der Waals surface area (Å²) in [6.45, 7) is 18.1. The van der Waals surface area contributed by atoms with Crippen LogP contribution in [0.25, 0.3) is 0 Å². The molecule has 0 aliphatic carbocycles. The van der Waals surface area contributed by atoms with Crippen LogP contribution in [0.5, 0.6) is 0 Å². The van der Waals surface area contributed by atoms with Crippen molar-refractivity contribution in [2.24, 2.45) is 0 Å². The van der Waals surface area contributed by atoms with Crippen LogP contribution >= 0.6 is 0 Å². The van der Waals surface area contributed by atoms with E-state index in [0.29, 0.717) is 11.1 Å². The van der Waals surface area contributed by atoms with Gasteiger partial charge in [0, 0.05) is 25.7 Å². The Morgan fingerprint density at radius 1 is 1.29 bits per heavy atom. The van der Waals surface area contributed by atoms with Gasteiger partial charge in [-0.05, 0) is 12.0 Å². The van der Waals surface area contributed by atoms with Crippen molar-refractivity contribution < 1.29 is 0 Å². The molecule has 0 amide bonds. The van der Waals surface area contributed by atoms with Crippen LogP contribution in [0, 0.1) is 0 Å². The number of hydrogen-bond donors (Lipinski definition) is 1. The summed E-state index contributed by atoms with van der Waals surface area (Å²) in [6.07, 6.45) is 0. The van der Waals surface area contributed by atoms with Gasteiger partial charge in [-0.25, -0.2) is 0 Å². The molecule has 0 radical (unpaired) electrons. The Balaban J connectivity index is 2.71. The highest BCUT2D eigenvalue weighted by atomic mass is 28.3. The van der Waals surface area contributed by atoms with Crippen molar-refractivity contribution in [1.29, 1.82) is 0 Å². The van der Waals surface area contributed by atoms with Gasteiger partial charge < -0.3 is 9.88 Å². The predicted molar refractivity (Wildman–Crippen MR) is 66.2 cm³/mol. The Labute approximate surface area is 90.2 Å². The molecule has 1 aliphatic rings. The van der Waals surface area contributed by atoms with Gasteiger partial charge in [-0.1, -0.05) is 33.9 Å². The number of piperazine rings is 1. The van der Waals surface area contributed by atoms with E-state index in [2.05, 4.69) is 50.7 Å². The molecule has 14 heavy (non-hydrogen) atoms. The van der Waals surface area contributed by atoms with Crippen LogP contribution in [0.1, 0.15) is 27.7 Å². The maximum Gasteiger partial charge on any atom is 0.127 e. The highest BCUT2D eigenvalue weighted by Gasteiger charge is 2.41. The van der Waals surface area contributed by atoms with Crippen molar-refractivity contribution in [3.63, 3.8) is 0 Å². The Bertz CT molecular complexity index is 196. The molecule has 1 rings (SSSR count). The van der Waals surface area contributed by atoms with Crippen molar-refractivity contribution in [1.82, 2.24) is 9.88 Å². The maximum atomic E-state index is 3.52. The zero-order valence-electron chi connectivity index (χ0n) is 10.6. The second kappa shape index (κ2) is 3.95. The van der Waals surface area contributed by atoms with Gasteiger partial charge in [-0.15, -0.1) is 0 Å². The van der Waals surface area contributed by atoms with E-state index in [9.17, 15) is 0 Å². The van der Waals surface area contributed by atoms with E-state index >= 15 is 0 Å². The molecule has 1 unspecified atom stereocenters. The van der Waals surface area contributed by atoms with Crippen molar-refractivity contribution >= 4 is 8.24 Å². The first-order valence-electron chi connectivity index (χ1n) is 5.73. The Morgan fingerprint density at radius 2 is 1.86 bits per heavy atom. The molecule has 1 N–H and O–H groups in total. The number of rotatable bonds is 1. The minimum absolute atomic E-state index is 0.476. The van der Waals surface area contributed by atoms with Crippen LogP contribution in [-0.4, -0.2) is 38.5 Å². The summed E-state index contributed by atoms with van der Waals surface area (Å²) in [5.74, 6) is 0. The molecule has 0 aromatic heterocycles. The fraction of sp³-hybridized carbons (Fsp3) is 1.00. The Hall–Kier alpha value is 0.137. The molecule has 84 valence electrons. The van der Waals surface area contributed by atoms with E-state index in [-0.39, 0.29) is 0 Å². The predicted octanol–water partition coefficient (Wildman–Crippen LogP) is 2.29. The Morgan fingerprint density at radius 3 is 2.29 bits per heavy atom. The first kappa shape index (κ1) is 12.2. The lowest BCUT2D eigenvalue weighted by Crippen LogP contribution is -2.62. The third-order valence-electron chi connectivity index (χ3n) is 3.99. The zero-order chi connectivity index (χ0) is 11.0. The quantitative estimate of drug-likeness (QED) is 0.674. The fourth-order valence-electron chi connectivity index (χ4n) is 1.91. The summed E-state index contributed by atoms with van der Waals surface area (Å²) in [6, 6.07) is 0.665. The molecule has 0 aromatic rings. The van der Waals surface area contributed by atoms with Crippen LogP contribution in [0.2, 0.25) is 18.1 Å². The van der Waals surface area contributed by atoms with E-state index in [1.807, 2.05) is 0 Å². The average molecular weight is 214 g/mol. The lowest BCUT2D eigenvalue weighted by Gasteiger charge is -2.49. The topological polar surface area (TPSA) is 15.3 Å². The summed E-state index contributed by atoms with van der Waals surface area (Å²) in [5, 5.41) is 3.99. The molecule has 0 spiro atoms. The molecule has 1 fully saturated rings. The summed E-state index contributed by atoms with van der Waals surface area (Å²) >= 11 is 0. The van der Waals surface area contributed by atoms with E-state index in [1.165, 1.54) is 13.1 Å². The third-order valence-corrected chi connectivity index (χ3v) is 9.65. The molecule has 1 saturated heterocycles. The number of nitrogens with one attached hydrogen (secondary N) is 1. The zero-order valence-corrected chi connectivity index (χ0v) is 11.6. The van der Waals surface area contributed by atoms with E-state index in [1.54, 1.807) is 0 Å². The molecule has 3 heteroatoms. The molecule has 0 saturated carbocycles. The van der Waals surface area contributed by atoms with Crippen molar-refractivity contribution in [3.05, 3.63) is 0 Å². The SMILES string of the molecule is CC1CN([Si](C)(C)C(C)(C)C)CCN1. The van der Waals surface area contributed by atoms with Gasteiger partial charge in [0.1, 0.15) is 8.24 Å². The van der Waals surface area contributed by atoms with Gasteiger partial charge in [0.15, 0.2) is 0 Å². The molecular weight excluding hydrogens is 188 g/mol. The largest absolute Gasteiger partial charge is 0.320 e. The average Bonchev–Trinajstić information content (AvgIpc) is 2.02. The second-order valence-corrected chi connectivity index (χ2v) is 11.4. The summed E-state index contributed by atoms with van der Waals surface area (Å²) < 4.78 is 2.76. The minimum Gasteiger partial charge on any atom is -0.320 e. The van der Waals surface area contributed by atoms with Gasteiger partial charge in [-0.3, -0.25) is 0 Å². The molecule has 1 heterocycles. The van der Waals surface area contributed by atoms with Crippen LogP contribution in [0.15, 0.2) is 0 Å². The molecule has 0 bridgehead atoms. The molecule has 2 nitrogen and oxygen atoms in total. The molecular formula is C11H26N2Si. The van der Waals surface area contributed by atoms with E-state index in [0.717, 1.165) is 6.54 Å². The summed E-state index contributed by atoms with van der Waals surface area (Å²) in [5.41, 5.74) is 0. The monoisotopic (exact) mass is 214 g/mol. The maximum absolute atomic E-state index is 3.52. The van der Waals surface area contributed by atoms with E-state index in [4.69, 9.17) is 0 Å². The van der Waals surface area contributed by atoms with Gasteiger partial charge in [0.2, 0.25) is 0 Å². The van der Waals surface area contributed by atoms with Crippen molar-refractivity contribution in [3.8, 4) is 0 Å². The van der Waals surface area contributed by atoms with Crippen molar-refractivity contribution in [2.75, 3.05) is 19.6 Å². The lowest BCUT2D eigenvalue weighted by molar-refractivity contribution is 0.295. The van der Waals surface area contributed by atoms with Gasteiger partial charge in [-0.2, -0.15) is 0 Å². The normalized spacial score (nSPS) is 26.6. The van der Waals surface area contributed by atoms with Gasteiger partial charge >= 0.3 is 0 Å². The second-order valence-electron chi connectivity index (χ2n) is 6.11. The first-order valence-corrected chi connectivity index (χ1v) is 8.68. The van der Waals surface area contributed by atoms with E-state index < -0.39 is 8.24 Å². The van der Waals surface area contributed by atoms with Crippen LogP contribution in [0.3, 0.4) is 0 Å². The summed E-state index contributed by atoms with van der Waals surface area (Å²) in [7, 11) is -1.25. The first-order chi connectivity index (χ1) is 6.25. The molecule has 1 aliphatic heterocycles. The molecule has 0 aromatic carbocycles. The van der Waals surface area contributed by atoms with Crippen molar-refractivity contribution in [2.45, 2.75) is 51.9 Å². The van der Waals surface area contributed by atoms with Gasteiger partial charge in [0.25, 0.3) is 0 Å².